The summed E-state index contributed by atoms with van der Waals surface area (Å²) in [6.07, 6.45) is -0.444. The first kappa shape index (κ1) is 48.3. The van der Waals surface area contributed by atoms with Gasteiger partial charge in [0.15, 0.2) is 17.3 Å². The van der Waals surface area contributed by atoms with Crippen molar-refractivity contribution in [2.24, 2.45) is 29.0 Å². The Balaban J connectivity index is 1.57. The van der Waals surface area contributed by atoms with Crippen LogP contribution in [0.3, 0.4) is 0 Å². The molecule has 0 saturated heterocycles. The average molecular weight is 869 g/mol. The van der Waals surface area contributed by atoms with Gasteiger partial charge in [0, 0.05) is 74.3 Å². The van der Waals surface area contributed by atoms with Crippen molar-refractivity contribution in [3.63, 3.8) is 0 Å². The zero-order valence-electron chi connectivity index (χ0n) is 36.8. The van der Waals surface area contributed by atoms with E-state index in [4.69, 9.17) is 26.7 Å². The van der Waals surface area contributed by atoms with Crippen LogP contribution in [0.4, 0.5) is 0 Å². The van der Waals surface area contributed by atoms with E-state index < -0.39 is 41.5 Å². The number of aryl methyl sites for hydroxylation is 2. The zero-order chi connectivity index (χ0) is 46.3. The van der Waals surface area contributed by atoms with Crippen molar-refractivity contribution in [2.75, 3.05) is 39.9 Å². The normalized spacial score (nSPS) is 16.5. The summed E-state index contributed by atoms with van der Waals surface area (Å²) in [7, 11) is 1.49. The molecule has 1 aromatic heterocycles. The maximum atomic E-state index is 14.7. The second kappa shape index (κ2) is 23.1. The first-order chi connectivity index (χ1) is 30.8. The SMILES string of the molecule is Cc1nc(C#Cc2ccccc2)nc(C)c1C(=O)C[C@@H](CCN)C(=O)N(C)[C@@H]1C(=O)C[C@@H](C)C(=O)N[C@H](C(=O)CCC#N)Cc2ccc(OCCN)c(c2)-c2cc1ccc2OCCN. The predicted molar refractivity (Wildman–Crippen MR) is 241 cm³/mol. The van der Waals surface area contributed by atoms with E-state index in [0.717, 1.165) is 5.56 Å². The van der Waals surface area contributed by atoms with E-state index in [2.05, 4.69) is 27.1 Å². The molecule has 4 bridgehead atoms. The van der Waals surface area contributed by atoms with Crippen LogP contribution in [0.5, 0.6) is 11.5 Å². The highest BCUT2D eigenvalue weighted by Gasteiger charge is 2.36. The first-order valence-corrected chi connectivity index (χ1v) is 21.4. The van der Waals surface area contributed by atoms with E-state index >= 15 is 0 Å². The monoisotopic (exact) mass is 868 g/mol. The largest absolute Gasteiger partial charge is 0.492 e. The molecule has 0 saturated carbocycles. The number of nitriles is 1. The topological polar surface area (TPSA) is 247 Å². The summed E-state index contributed by atoms with van der Waals surface area (Å²) in [5, 5.41) is 12.1. The molecule has 7 N–H and O–H groups in total. The Kier molecular flexibility index (Phi) is 17.4. The molecular weight excluding hydrogens is 813 g/mol. The van der Waals surface area contributed by atoms with Crippen molar-refractivity contribution in [1.82, 2.24) is 20.2 Å². The number of nitrogens with zero attached hydrogens (tertiary/aromatic N) is 4. The van der Waals surface area contributed by atoms with Crippen LogP contribution in [0.1, 0.15) is 89.3 Å². The number of Topliss-reactive ketones (excluding diaryl/α,β-unsaturated/α-hetero) is 3. The van der Waals surface area contributed by atoms with Crippen molar-refractivity contribution >= 4 is 29.2 Å². The molecule has 5 rings (SSSR count). The van der Waals surface area contributed by atoms with Crippen LogP contribution in [0.15, 0.2) is 66.7 Å². The highest BCUT2D eigenvalue weighted by Crippen LogP contribution is 2.41. The molecule has 0 spiro atoms. The predicted octanol–water partition coefficient (Wildman–Crippen LogP) is 4.08. The van der Waals surface area contributed by atoms with Crippen molar-refractivity contribution in [1.29, 1.82) is 5.26 Å². The van der Waals surface area contributed by atoms with E-state index in [1.807, 2.05) is 42.5 Å². The van der Waals surface area contributed by atoms with Gasteiger partial charge in [0.25, 0.3) is 0 Å². The number of ether oxygens (including phenoxy) is 2. The van der Waals surface area contributed by atoms with Crippen LogP contribution in [0.2, 0.25) is 0 Å². The van der Waals surface area contributed by atoms with Gasteiger partial charge >= 0.3 is 0 Å². The number of nitrogens with two attached hydrogens (primary N) is 3. The summed E-state index contributed by atoms with van der Waals surface area (Å²) in [4.78, 5) is 81.1. The van der Waals surface area contributed by atoms with Gasteiger partial charge in [-0.25, -0.2) is 9.97 Å². The molecule has 1 aliphatic heterocycles. The molecule has 15 heteroatoms. The van der Waals surface area contributed by atoms with Crippen molar-refractivity contribution < 1.29 is 33.4 Å². The van der Waals surface area contributed by atoms with Crippen molar-refractivity contribution in [2.45, 2.75) is 71.4 Å². The first-order valence-electron chi connectivity index (χ1n) is 21.4. The Morgan fingerprint density at radius 3 is 2.14 bits per heavy atom. The lowest BCUT2D eigenvalue weighted by Gasteiger charge is -2.32. The maximum Gasteiger partial charge on any atom is 0.226 e. The number of benzene rings is 3. The number of amides is 2. The number of hydrogen-bond donors (Lipinski definition) is 4. The number of ketones is 3. The summed E-state index contributed by atoms with van der Waals surface area (Å²) in [6, 6.07) is 19.6. The minimum Gasteiger partial charge on any atom is -0.492 e. The molecule has 1 aliphatic rings. The minimum atomic E-state index is -1.25. The Hall–Kier alpha value is -6.78. The van der Waals surface area contributed by atoms with Crippen LogP contribution in [-0.4, -0.2) is 90.0 Å². The molecular formula is C49H56N8O7. The summed E-state index contributed by atoms with van der Waals surface area (Å²) >= 11 is 0. The van der Waals surface area contributed by atoms with Gasteiger partial charge in [0.05, 0.1) is 29.1 Å². The second-order valence-corrected chi connectivity index (χ2v) is 15.8. The van der Waals surface area contributed by atoms with Gasteiger partial charge in [0.2, 0.25) is 17.6 Å². The Morgan fingerprint density at radius 2 is 1.52 bits per heavy atom. The zero-order valence-corrected chi connectivity index (χ0v) is 36.8. The van der Waals surface area contributed by atoms with Crippen molar-refractivity contribution in [3.8, 4) is 40.5 Å². The summed E-state index contributed by atoms with van der Waals surface area (Å²) in [5.74, 6) is 2.98. The summed E-state index contributed by atoms with van der Waals surface area (Å²) in [5.41, 5.74) is 21.7. The van der Waals surface area contributed by atoms with Gasteiger partial charge < -0.3 is 36.9 Å². The fraction of sp³-hybridized carbons (Fsp3) is 0.388. The molecule has 2 amide bonds. The molecule has 334 valence electrons. The lowest BCUT2D eigenvalue weighted by molar-refractivity contribution is -0.142. The van der Waals surface area contributed by atoms with Crippen molar-refractivity contribution in [3.05, 3.63) is 106 Å². The highest BCUT2D eigenvalue weighted by molar-refractivity contribution is 6.01. The number of rotatable bonds is 16. The van der Waals surface area contributed by atoms with Crippen LogP contribution in [0, 0.1) is 48.9 Å². The molecule has 64 heavy (non-hydrogen) atoms. The van der Waals surface area contributed by atoms with Gasteiger partial charge in [-0.15, -0.1) is 0 Å². The maximum absolute atomic E-state index is 14.7. The molecule has 3 aromatic carbocycles. The third-order valence-electron chi connectivity index (χ3n) is 11.0. The van der Waals surface area contributed by atoms with Gasteiger partial charge in [-0.3, -0.25) is 24.0 Å². The second-order valence-electron chi connectivity index (χ2n) is 15.8. The lowest BCUT2D eigenvalue weighted by atomic mass is 9.88. The average Bonchev–Trinajstić information content (AvgIpc) is 3.28. The lowest BCUT2D eigenvalue weighted by Crippen LogP contribution is -2.46. The number of likely N-dealkylation sites (N-methyl/N-ethyl adjacent to an activating group) is 1. The molecule has 0 radical (unpaired) electrons. The van der Waals surface area contributed by atoms with E-state index in [1.165, 1.54) is 11.9 Å². The quantitative estimate of drug-likeness (QED) is 0.0917. The molecule has 15 nitrogen and oxygen atoms in total. The summed E-state index contributed by atoms with van der Waals surface area (Å²) in [6.45, 7) is 5.79. The van der Waals surface area contributed by atoms with Crippen LogP contribution < -0.4 is 32.0 Å². The molecule has 0 unspecified atom stereocenters. The Labute approximate surface area is 374 Å². The fourth-order valence-electron chi connectivity index (χ4n) is 7.79. The highest BCUT2D eigenvalue weighted by atomic mass is 16.5. The van der Waals surface area contributed by atoms with Crippen LogP contribution >= 0.6 is 0 Å². The fourth-order valence-corrected chi connectivity index (χ4v) is 7.79. The van der Waals surface area contributed by atoms with Gasteiger partial charge in [-0.05, 0) is 86.7 Å². The molecule has 4 atom stereocenters. The molecule has 2 heterocycles. The van der Waals surface area contributed by atoms with Crippen LogP contribution in [0.25, 0.3) is 11.1 Å². The van der Waals surface area contributed by atoms with Crippen LogP contribution in [-0.2, 0) is 25.6 Å². The van der Waals surface area contributed by atoms with E-state index in [1.54, 1.807) is 51.1 Å². The number of hydrogen-bond acceptors (Lipinski definition) is 13. The van der Waals surface area contributed by atoms with E-state index in [-0.39, 0.29) is 94.3 Å². The number of fused-ring (bicyclic) bond motifs is 5. The third kappa shape index (κ3) is 12.2. The van der Waals surface area contributed by atoms with Gasteiger partial charge in [0.1, 0.15) is 30.8 Å². The molecule has 0 aliphatic carbocycles. The molecule has 4 aromatic rings. The van der Waals surface area contributed by atoms with E-state index in [0.29, 0.717) is 45.1 Å². The Morgan fingerprint density at radius 1 is 0.875 bits per heavy atom. The van der Waals surface area contributed by atoms with Gasteiger partial charge in [-0.2, -0.15) is 5.26 Å². The summed E-state index contributed by atoms with van der Waals surface area (Å²) < 4.78 is 12.2. The number of carbonyl (C=O) groups excluding carboxylic acids is 5. The smallest absolute Gasteiger partial charge is 0.226 e. The number of nitrogens with one attached hydrogen (secondary N) is 1. The number of carbonyl (C=O) groups is 5. The third-order valence-corrected chi connectivity index (χ3v) is 11.0. The van der Waals surface area contributed by atoms with Gasteiger partial charge in [-0.1, -0.05) is 43.2 Å². The standard InChI is InChI=1S/C49H56N8O7/c1-30-25-42(60)47(57(4)49(62)36(18-20-51)29-41(59)46-31(2)54-45(55-32(46)3)17-13-33-9-6-5-7-10-33)35-14-16-44(64-24-22-53)38(28-35)37-26-34(12-15-43(37)63-23-21-52)27-39(56-48(30)61)40(58)11-8-19-50/h5-7,9-10,12,14-16,26,28,30,36,39,47H,8,11,18,20-25,27,29,51-53H2,1-4H3,(H,56,61)/t30-,36-,39+,47+/m1/s1. The minimum absolute atomic E-state index is 0.0343. The molecule has 0 fully saturated rings. The Bertz CT molecular complexity index is 2430. The van der Waals surface area contributed by atoms with E-state index in [9.17, 15) is 29.2 Å². The number of aromatic nitrogens is 2.